The molecule has 0 saturated carbocycles. The van der Waals surface area contributed by atoms with Crippen LogP contribution in [-0.4, -0.2) is 5.16 Å². The van der Waals surface area contributed by atoms with E-state index in [1.54, 1.807) is 12.1 Å². The molecule has 1 heterocycles. The van der Waals surface area contributed by atoms with Gasteiger partial charge in [-0.15, -0.1) is 0 Å². The fraction of sp³-hybridized carbons (Fsp3) is 0.357. The topological polar surface area (TPSA) is 52.0 Å². The van der Waals surface area contributed by atoms with Crippen LogP contribution in [0.2, 0.25) is 0 Å². The third kappa shape index (κ3) is 2.70. The molecule has 4 heteroatoms. The van der Waals surface area contributed by atoms with Crippen LogP contribution >= 0.6 is 0 Å². The minimum absolute atomic E-state index is 0.0702. The van der Waals surface area contributed by atoms with E-state index in [0.717, 1.165) is 23.3 Å². The highest BCUT2D eigenvalue weighted by Gasteiger charge is 2.21. The SMILES string of the molecule is CC(C)(C)Cc1onc(N)c1-c1ccc(F)cc1. The van der Waals surface area contributed by atoms with E-state index in [1.807, 2.05) is 0 Å². The zero-order valence-corrected chi connectivity index (χ0v) is 10.8. The molecule has 0 unspecified atom stereocenters. The van der Waals surface area contributed by atoms with Crippen molar-refractivity contribution >= 4 is 5.82 Å². The van der Waals surface area contributed by atoms with Gasteiger partial charge in [0, 0.05) is 6.42 Å². The van der Waals surface area contributed by atoms with Crippen LogP contribution in [0.5, 0.6) is 0 Å². The zero-order valence-electron chi connectivity index (χ0n) is 10.8. The van der Waals surface area contributed by atoms with Crippen LogP contribution in [0.25, 0.3) is 11.1 Å². The predicted molar refractivity (Wildman–Crippen MR) is 69.5 cm³/mol. The molecule has 1 aromatic heterocycles. The maximum Gasteiger partial charge on any atom is 0.175 e. The number of hydrogen-bond acceptors (Lipinski definition) is 3. The van der Waals surface area contributed by atoms with E-state index in [1.165, 1.54) is 12.1 Å². The molecule has 96 valence electrons. The Kier molecular flexibility index (Phi) is 3.11. The minimum Gasteiger partial charge on any atom is -0.380 e. The molecule has 0 aliphatic rings. The summed E-state index contributed by atoms with van der Waals surface area (Å²) in [4.78, 5) is 0. The van der Waals surface area contributed by atoms with Crippen LogP contribution < -0.4 is 5.73 Å². The highest BCUT2D eigenvalue weighted by molar-refractivity contribution is 5.75. The Morgan fingerprint density at radius 1 is 1.22 bits per heavy atom. The average molecular weight is 248 g/mol. The lowest BCUT2D eigenvalue weighted by Crippen LogP contribution is -2.09. The van der Waals surface area contributed by atoms with Crippen molar-refractivity contribution < 1.29 is 8.91 Å². The number of nitrogens with zero attached hydrogens (tertiary/aromatic N) is 1. The number of halogens is 1. The van der Waals surface area contributed by atoms with Crippen LogP contribution in [0.1, 0.15) is 26.5 Å². The Labute approximate surface area is 106 Å². The number of anilines is 1. The molecule has 0 fully saturated rings. The first kappa shape index (κ1) is 12.6. The van der Waals surface area contributed by atoms with Crippen molar-refractivity contribution in [1.29, 1.82) is 0 Å². The quantitative estimate of drug-likeness (QED) is 0.882. The molecule has 3 nitrogen and oxygen atoms in total. The Morgan fingerprint density at radius 3 is 2.39 bits per heavy atom. The number of benzene rings is 1. The summed E-state index contributed by atoms with van der Waals surface area (Å²) >= 11 is 0. The average Bonchev–Trinajstić information content (AvgIpc) is 2.59. The van der Waals surface area contributed by atoms with Gasteiger partial charge in [-0.1, -0.05) is 38.1 Å². The summed E-state index contributed by atoms with van der Waals surface area (Å²) in [6, 6.07) is 6.18. The monoisotopic (exact) mass is 248 g/mol. The van der Waals surface area contributed by atoms with Gasteiger partial charge in [-0.25, -0.2) is 4.39 Å². The van der Waals surface area contributed by atoms with Gasteiger partial charge >= 0.3 is 0 Å². The summed E-state index contributed by atoms with van der Waals surface area (Å²) in [6.07, 6.45) is 0.726. The summed E-state index contributed by atoms with van der Waals surface area (Å²) in [7, 11) is 0. The molecule has 0 atom stereocenters. The number of rotatable bonds is 2. The zero-order chi connectivity index (χ0) is 13.3. The molecule has 0 amide bonds. The van der Waals surface area contributed by atoms with Gasteiger partial charge in [0.2, 0.25) is 0 Å². The van der Waals surface area contributed by atoms with Crippen molar-refractivity contribution in [2.24, 2.45) is 5.41 Å². The van der Waals surface area contributed by atoms with Crippen molar-refractivity contribution in [2.75, 3.05) is 5.73 Å². The molecule has 0 bridgehead atoms. The highest BCUT2D eigenvalue weighted by atomic mass is 19.1. The second-order valence-corrected chi connectivity index (χ2v) is 5.61. The summed E-state index contributed by atoms with van der Waals surface area (Å²) in [5, 5.41) is 3.81. The third-order valence-electron chi connectivity index (χ3n) is 2.61. The van der Waals surface area contributed by atoms with Crippen molar-refractivity contribution in [3.63, 3.8) is 0 Å². The van der Waals surface area contributed by atoms with E-state index in [0.29, 0.717) is 5.82 Å². The lowest BCUT2D eigenvalue weighted by molar-refractivity contribution is 0.322. The van der Waals surface area contributed by atoms with E-state index in [4.69, 9.17) is 10.3 Å². The molecular formula is C14H17FN2O. The first-order valence-electron chi connectivity index (χ1n) is 5.87. The van der Waals surface area contributed by atoms with Crippen LogP contribution in [0.15, 0.2) is 28.8 Å². The molecule has 1 aromatic carbocycles. The van der Waals surface area contributed by atoms with Crippen molar-refractivity contribution in [3.8, 4) is 11.1 Å². The van der Waals surface area contributed by atoms with E-state index >= 15 is 0 Å². The Hall–Kier alpha value is -1.84. The third-order valence-corrected chi connectivity index (χ3v) is 2.61. The number of hydrogen-bond donors (Lipinski definition) is 1. The minimum atomic E-state index is -0.272. The van der Waals surface area contributed by atoms with Gasteiger partial charge in [-0.2, -0.15) is 0 Å². The molecule has 0 saturated heterocycles. The number of aromatic nitrogens is 1. The molecule has 2 aromatic rings. The lowest BCUT2D eigenvalue weighted by Gasteiger charge is -2.16. The van der Waals surface area contributed by atoms with Gasteiger partial charge in [0.05, 0.1) is 5.56 Å². The summed E-state index contributed by atoms with van der Waals surface area (Å²) in [5.41, 5.74) is 7.50. The van der Waals surface area contributed by atoms with Crippen LogP contribution in [0.4, 0.5) is 10.2 Å². The lowest BCUT2D eigenvalue weighted by atomic mass is 9.88. The largest absolute Gasteiger partial charge is 0.380 e. The molecule has 0 aliphatic carbocycles. The standard InChI is InChI=1S/C14H17FN2O/c1-14(2,3)8-11-12(13(16)17-18-11)9-4-6-10(15)7-5-9/h4-7H,8H2,1-3H3,(H2,16,17). The molecule has 0 aliphatic heterocycles. The van der Waals surface area contributed by atoms with Gasteiger partial charge < -0.3 is 10.3 Å². The van der Waals surface area contributed by atoms with E-state index in [9.17, 15) is 4.39 Å². The summed E-state index contributed by atoms with van der Waals surface area (Å²) in [6.45, 7) is 6.33. The van der Waals surface area contributed by atoms with E-state index in [2.05, 4.69) is 25.9 Å². The Balaban J connectivity index is 2.43. The van der Waals surface area contributed by atoms with E-state index < -0.39 is 0 Å². The molecule has 18 heavy (non-hydrogen) atoms. The molecule has 2 rings (SSSR count). The van der Waals surface area contributed by atoms with Gasteiger partial charge in [0.15, 0.2) is 5.82 Å². The van der Waals surface area contributed by atoms with E-state index in [-0.39, 0.29) is 11.2 Å². The van der Waals surface area contributed by atoms with Gasteiger partial charge in [0.1, 0.15) is 11.6 Å². The van der Waals surface area contributed by atoms with Gasteiger partial charge in [-0.05, 0) is 23.1 Å². The normalized spacial score (nSPS) is 11.8. The van der Waals surface area contributed by atoms with Gasteiger partial charge in [0.25, 0.3) is 0 Å². The number of nitrogen functional groups attached to an aromatic ring is 1. The molecule has 0 spiro atoms. The smallest absolute Gasteiger partial charge is 0.175 e. The first-order chi connectivity index (χ1) is 8.37. The maximum atomic E-state index is 12.9. The molecule has 0 radical (unpaired) electrons. The first-order valence-corrected chi connectivity index (χ1v) is 5.87. The van der Waals surface area contributed by atoms with Crippen molar-refractivity contribution in [1.82, 2.24) is 5.16 Å². The van der Waals surface area contributed by atoms with Gasteiger partial charge in [-0.3, -0.25) is 0 Å². The molecule has 2 N–H and O–H groups in total. The second kappa shape index (κ2) is 4.44. The fourth-order valence-corrected chi connectivity index (χ4v) is 1.87. The summed E-state index contributed by atoms with van der Waals surface area (Å²) < 4.78 is 18.2. The fourth-order valence-electron chi connectivity index (χ4n) is 1.87. The predicted octanol–water partition coefficient (Wildman–Crippen LogP) is 3.65. The Bertz CT molecular complexity index is 538. The van der Waals surface area contributed by atoms with Crippen molar-refractivity contribution in [2.45, 2.75) is 27.2 Å². The van der Waals surface area contributed by atoms with Crippen LogP contribution in [0, 0.1) is 11.2 Å². The number of nitrogens with two attached hydrogens (primary N) is 1. The molecular weight excluding hydrogens is 231 g/mol. The van der Waals surface area contributed by atoms with Crippen molar-refractivity contribution in [3.05, 3.63) is 35.8 Å². The maximum absolute atomic E-state index is 12.9. The van der Waals surface area contributed by atoms with Crippen LogP contribution in [-0.2, 0) is 6.42 Å². The van der Waals surface area contributed by atoms with Crippen LogP contribution in [0.3, 0.4) is 0 Å². The Morgan fingerprint density at radius 2 is 1.83 bits per heavy atom. The summed E-state index contributed by atoms with van der Waals surface area (Å²) in [5.74, 6) is 0.818. The highest BCUT2D eigenvalue weighted by Crippen LogP contribution is 2.33. The second-order valence-electron chi connectivity index (χ2n) is 5.61.